The molecule has 0 spiro atoms. The van der Waals surface area contributed by atoms with Gasteiger partial charge in [-0.1, -0.05) is 17.7 Å². The number of thiophene rings is 1. The summed E-state index contributed by atoms with van der Waals surface area (Å²) in [7, 11) is 0. The second-order valence-corrected chi connectivity index (χ2v) is 6.64. The number of fused-ring (bicyclic) bond motifs is 1. The van der Waals surface area contributed by atoms with E-state index >= 15 is 0 Å². The number of ether oxygens (including phenoxy) is 1. The van der Waals surface area contributed by atoms with Crippen LogP contribution in [0.5, 0.6) is 5.75 Å². The molecule has 2 aromatic rings. The Labute approximate surface area is 142 Å². The van der Waals surface area contributed by atoms with E-state index in [-0.39, 0.29) is 18.5 Å². The molecule has 1 N–H and O–H groups in total. The van der Waals surface area contributed by atoms with Crippen LogP contribution < -0.4 is 10.1 Å². The molecule has 0 bridgehead atoms. The van der Waals surface area contributed by atoms with Gasteiger partial charge in [-0.2, -0.15) is 0 Å². The molecule has 1 aliphatic heterocycles. The molecule has 0 saturated heterocycles. The number of nitrogens with one attached hydrogen (secondary N) is 1. The van der Waals surface area contributed by atoms with Crippen LogP contribution in [0.25, 0.3) is 0 Å². The number of rotatable bonds is 2. The predicted octanol–water partition coefficient (Wildman–Crippen LogP) is 4.85. The molecule has 1 aromatic heterocycles. The molecule has 2 nitrogen and oxygen atoms in total. The van der Waals surface area contributed by atoms with Crippen LogP contribution >= 0.6 is 51.3 Å². The minimum absolute atomic E-state index is 0. The van der Waals surface area contributed by atoms with Crippen LogP contribution in [0.4, 0.5) is 0 Å². The Hall–Kier alpha value is -0.260. The maximum Gasteiger partial charge on any atom is 0.140 e. The van der Waals surface area contributed by atoms with Gasteiger partial charge in [-0.25, -0.2) is 0 Å². The monoisotopic (exact) mass is 393 g/mol. The highest BCUT2D eigenvalue weighted by atomic mass is 79.9. The third kappa shape index (κ3) is 3.31. The second kappa shape index (κ2) is 7.14. The Morgan fingerprint density at radius 3 is 3.05 bits per heavy atom. The summed E-state index contributed by atoms with van der Waals surface area (Å²) >= 11 is 11.5. The number of benzene rings is 1. The van der Waals surface area contributed by atoms with Gasteiger partial charge in [0.25, 0.3) is 0 Å². The van der Waals surface area contributed by atoms with E-state index in [1.165, 1.54) is 10.4 Å². The molecule has 20 heavy (non-hydrogen) atoms. The van der Waals surface area contributed by atoms with Crippen molar-refractivity contribution in [1.82, 2.24) is 5.32 Å². The minimum Gasteiger partial charge on any atom is -0.483 e. The maximum atomic E-state index is 6.26. The quantitative estimate of drug-likeness (QED) is 0.785. The van der Waals surface area contributed by atoms with E-state index in [2.05, 4.69) is 32.7 Å². The second-order valence-electron chi connectivity index (χ2n) is 4.41. The Balaban J connectivity index is 0.00000147. The zero-order valence-electron chi connectivity index (χ0n) is 10.6. The highest BCUT2D eigenvalue weighted by Gasteiger charge is 2.22. The normalized spacial score (nSPS) is 17.8. The molecule has 0 radical (unpaired) electrons. The van der Waals surface area contributed by atoms with Gasteiger partial charge in [-0.3, -0.25) is 0 Å². The summed E-state index contributed by atoms with van der Waals surface area (Å²) in [6, 6.07) is 7.91. The van der Waals surface area contributed by atoms with E-state index in [1.807, 2.05) is 18.2 Å². The molecule has 1 aliphatic rings. The number of hydrogen-bond donors (Lipinski definition) is 1. The van der Waals surface area contributed by atoms with Crippen LogP contribution in [-0.4, -0.2) is 13.1 Å². The zero-order chi connectivity index (χ0) is 13.2. The summed E-state index contributed by atoms with van der Waals surface area (Å²) in [6.07, 6.45) is 1.09. The van der Waals surface area contributed by atoms with Crippen molar-refractivity contribution in [1.29, 1.82) is 0 Å². The fourth-order valence-corrected chi connectivity index (χ4v) is 3.67. The standard InChI is InChI=1S/C14H13BrClNOS.ClH/c15-10-2-1-3-11(14(10)16)18-12-8-17-6-4-13-9(12)5-7-19-13;/h1-3,5,7,12,17H,4,6,8H2;1H. The molecule has 3 rings (SSSR count). The van der Waals surface area contributed by atoms with Crippen molar-refractivity contribution >= 4 is 51.3 Å². The van der Waals surface area contributed by atoms with Crippen LogP contribution in [0.2, 0.25) is 5.02 Å². The number of halogens is 3. The lowest BCUT2D eigenvalue weighted by Crippen LogP contribution is -2.23. The number of hydrogen-bond acceptors (Lipinski definition) is 3. The van der Waals surface area contributed by atoms with Crippen LogP contribution in [0, 0.1) is 0 Å². The van der Waals surface area contributed by atoms with E-state index in [4.69, 9.17) is 16.3 Å². The molecule has 0 aliphatic carbocycles. The zero-order valence-corrected chi connectivity index (χ0v) is 14.5. The molecule has 1 aromatic carbocycles. The first kappa shape index (κ1) is 16.1. The van der Waals surface area contributed by atoms with Crippen LogP contribution in [-0.2, 0) is 6.42 Å². The summed E-state index contributed by atoms with van der Waals surface area (Å²) in [6.45, 7) is 1.81. The molecule has 2 heterocycles. The smallest absolute Gasteiger partial charge is 0.140 e. The molecule has 6 heteroatoms. The molecule has 1 atom stereocenters. The fourth-order valence-electron chi connectivity index (χ4n) is 2.22. The van der Waals surface area contributed by atoms with Gasteiger partial charge in [0, 0.05) is 28.0 Å². The summed E-state index contributed by atoms with van der Waals surface area (Å²) in [5, 5.41) is 6.17. The Morgan fingerprint density at radius 2 is 2.20 bits per heavy atom. The molecule has 0 saturated carbocycles. The van der Waals surface area contributed by atoms with E-state index in [0.29, 0.717) is 5.02 Å². The molecular formula is C14H14BrCl2NOS. The lowest BCUT2D eigenvalue weighted by atomic mass is 10.1. The molecule has 0 amide bonds. The maximum absolute atomic E-state index is 6.26. The molecule has 108 valence electrons. The summed E-state index contributed by atoms with van der Waals surface area (Å²) in [4.78, 5) is 1.40. The van der Waals surface area contributed by atoms with Gasteiger partial charge in [0.2, 0.25) is 0 Å². The van der Waals surface area contributed by atoms with Gasteiger partial charge < -0.3 is 10.1 Å². The van der Waals surface area contributed by atoms with Crippen LogP contribution in [0.1, 0.15) is 16.5 Å². The van der Waals surface area contributed by atoms with Crippen molar-refractivity contribution in [2.75, 3.05) is 13.1 Å². The van der Waals surface area contributed by atoms with E-state index in [9.17, 15) is 0 Å². The van der Waals surface area contributed by atoms with Gasteiger partial charge >= 0.3 is 0 Å². The first-order valence-corrected chi connectivity index (χ1v) is 8.18. The Morgan fingerprint density at radius 1 is 1.35 bits per heavy atom. The predicted molar refractivity (Wildman–Crippen MR) is 90.7 cm³/mol. The largest absolute Gasteiger partial charge is 0.483 e. The highest BCUT2D eigenvalue weighted by Crippen LogP contribution is 2.36. The van der Waals surface area contributed by atoms with E-state index in [1.54, 1.807) is 11.3 Å². The summed E-state index contributed by atoms with van der Waals surface area (Å²) in [5.41, 5.74) is 1.28. The summed E-state index contributed by atoms with van der Waals surface area (Å²) in [5.74, 6) is 0.724. The Bertz CT molecular complexity index is 590. The highest BCUT2D eigenvalue weighted by molar-refractivity contribution is 9.10. The van der Waals surface area contributed by atoms with Crippen molar-refractivity contribution in [2.45, 2.75) is 12.5 Å². The Kier molecular flexibility index (Phi) is 5.75. The third-order valence-electron chi connectivity index (χ3n) is 3.17. The first-order valence-electron chi connectivity index (χ1n) is 6.13. The van der Waals surface area contributed by atoms with Gasteiger partial charge in [0.15, 0.2) is 0 Å². The van der Waals surface area contributed by atoms with Crippen molar-refractivity contribution in [3.8, 4) is 5.75 Å². The fraction of sp³-hybridized carbons (Fsp3) is 0.286. The first-order chi connectivity index (χ1) is 9.25. The van der Waals surface area contributed by atoms with Gasteiger partial charge in [-0.15, -0.1) is 23.7 Å². The van der Waals surface area contributed by atoms with Crippen molar-refractivity contribution in [3.63, 3.8) is 0 Å². The lowest BCUT2D eigenvalue weighted by molar-refractivity contribution is 0.205. The van der Waals surface area contributed by atoms with Gasteiger partial charge in [0.05, 0.1) is 5.02 Å². The van der Waals surface area contributed by atoms with E-state index in [0.717, 1.165) is 29.7 Å². The van der Waals surface area contributed by atoms with Gasteiger partial charge in [-0.05, 0) is 45.9 Å². The van der Waals surface area contributed by atoms with Crippen LogP contribution in [0.15, 0.2) is 34.1 Å². The topological polar surface area (TPSA) is 21.3 Å². The van der Waals surface area contributed by atoms with Crippen molar-refractivity contribution in [3.05, 3.63) is 49.6 Å². The van der Waals surface area contributed by atoms with Crippen LogP contribution in [0.3, 0.4) is 0 Å². The van der Waals surface area contributed by atoms with Crippen molar-refractivity contribution in [2.24, 2.45) is 0 Å². The molecular weight excluding hydrogens is 381 g/mol. The van der Waals surface area contributed by atoms with E-state index < -0.39 is 0 Å². The molecule has 0 fully saturated rings. The lowest BCUT2D eigenvalue weighted by Gasteiger charge is -2.19. The SMILES string of the molecule is Cl.Clc1c(Br)cccc1OC1CNCCc2sccc21. The average molecular weight is 395 g/mol. The average Bonchev–Trinajstić information content (AvgIpc) is 2.79. The molecule has 1 unspecified atom stereocenters. The third-order valence-corrected chi connectivity index (χ3v) is 5.45. The van der Waals surface area contributed by atoms with Crippen molar-refractivity contribution < 1.29 is 4.74 Å². The van der Waals surface area contributed by atoms with Gasteiger partial charge in [0.1, 0.15) is 11.9 Å². The minimum atomic E-state index is 0. The summed E-state index contributed by atoms with van der Waals surface area (Å²) < 4.78 is 6.97.